The zero-order valence-electron chi connectivity index (χ0n) is 10.8. The van der Waals surface area contributed by atoms with Crippen molar-refractivity contribution < 1.29 is 8.42 Å². The SMILES string of the molecule is CCC(C)CNc1ccc(NS(C)(=O)=O)c(Cl)c1. The maximum atomic E-state index is 11.1. The van der Waals surface area contributed by atoms with E-state index in [1.165, 1.54) is 0 Å². The molecule has 0 saturated heterocycles. The highest BCUT2D eigenvalue weighted by atomic mass is 35.5. The van der Waals surface area contributed by atoms with E-state index in [4.69, 9.17) is 11.6 Å². The van der Waals surface area contributed by atoms with Crippen LogP contribution in [0.5, 0.6) is 0 Å². The first-order valence-corrected chi connectivity index (χ1v) is 8.10. The largest absolute Gasteiger partial charge is 0.385 e. The Morgan fingerprint density at radius 1 is 1.39 bits per heavy atom. The summed E-state index contributed by atoms with van der Waals surface area (Å²) in [5, 5.41) is 3.65. The van der Waals surface area contributed by atoms with Crippen molar-refractivity contribution in [3.8, 4) is 0 Å². The highest BCUT2D eigenvalue weighted by Gasteiger charge is 2.07. The first-order valence-electron chi connectivity index (χ1n) is 5.83. The Kier molecular flexibility index (Phi) is 5.28. The minimum Gasteiger partial charge on any atom is -0.385 e. The molecule has 1 unspecified atom stereocenters. The predicted molar refractivity (Wildman–Crippen MR) is 77.9 cm³/mol. The number of halogens is 1. The second-order valence-corrected chi connectivity index (χ2v) is 6.62. The van der Waals surface area contributed by atoms with Crippen LogP contribution in [0.2, 0.25) is 5.02 Å². The van der Waals surface area contributed by atoms with E-state index >= 15 is 0 Å². The average molecular weight is 291 g/mol. The van der Waals surface area contributed by atoms with Crippen molar-refractivity contribution in [2.75, 3.05) is 22.8 Å². The molecule has 1 aromatic carbocycles. The van der Waals surface area contributed by atoms with Gasteiger partial charge >= 0.3 is 0 Å². The molecular formula is C12H19ClN2O2S. The second kappa shape index (κ2) is 6.29. The van der Waals surface area contributed by atoms with Crippen molar-refractivity contribution in [1.29, 1.82) is 0 Å². The zero-order chi connectivity index (χ0) is 13.8. The molecule has 0 aliphatic heterocycles. The fraction of sp³-hybridized carbons (Fsp3) is 0.500. The number of hydrogen-bond acceptors (Lipinski definition) is 3. The van der Waals surface area contributed by atoms with Crippen molar-refractivity contribution in [1.82, 2.24) is 0 Å². The molecule has 6 heteroatoms. The van der Waals surface area contributed by atoms with Crippen LogP contribution in [0.15, 0.2) is 18.2 Å². The van der Waals surface area contributed by atoms with Crippen LogP contribution in [0.25, 0.3) is 0 Å². The molecular weight excluding hydrogens is 272 g/mol. The number of anilines is 2. The summed E-state index contributed by atoms with van der Waals surface area (Å²) in [6.45, 7) is 5.17. The minimum atomic E-state index is -3.30. The first-order chi connectivity index (χ1) is 8.31. The maximum Gasteiger partial charge on any atom is 0.229 e. The number of sulfonamides is 1. The molecule has 0 saturated carbocycles. The van der Waals surface area contributed by atoms with Crippen LogP contribution in [-0.2, 0) is 10.0 Å². The topological polar surface area (TPSA) is 58.2 Å². The van der Waals surface area contributed by atoms with Crippen LogP contribution in [-0.4, -0.2) is 21.2 Å². The molecule has 1 atom stereocenters. The second-order valence-electron chi connectivity index (χ2n) is 4.46. The Morgan fingerprint density at radius 2 is 2.06 bits per heavy atom. The van der Waals surface area contributed by atoms with Gasteiger partial charge in [-0.1, -0.05) is 31.9 Å². The lowest BCUT2D eigenvalue weighted by atomic mass is 10.1. The molecule has 2 N–H and O–H groups in total. The molecule has 0 aliphatic rings. The Bertz CT molecular complexity index is 503. The monoisotopic (exact) mass is 290 g/mol. The van der Waals surface area contributed by atoms with E-state index in [0.29, 0.717) is 16.6 Å². The predicted octanol–water partition coefficient (Wildman–Crippen LogP) is 3.17. The molecule has 0 spiro atoms. The van der Waals surface area contributed by atoms with E-state index in [2.05, 4.69) is 23.9 Å². The molecule has 0 aromatic heterocycles. The third-order valence-corrected chi connectivity index (χ3v) is 3.52. The summed E-state index contributed by atoms with van der Waals surface area (Å²) >= 11 is 6.02. The molecule has 0 aliphatic carbocycles. The summed E-state index contributed by atoms with van der Waals surface area (Å²) in [7, 11) is -3.30. The summed E-state index contributed by atoms with van der Waals surface area (Å²) in [6.07, 6.45) is 2.20. The molecule has 102 valence electrons. The summed E-state index contributed by atoms with van der Waals surface area (Å²) in [6, 6.07) is 5.18. The van der Waals surface area contributed by atoms with Gasteiger partial charge in [-0.15, -0.1) is 0 Å². The highest BCUT2D eigenvalue weighted by Crippen LogP contribution is 2.26. The quantitative estimate of drug-likeness (QED) is 0.846. The van der Waals surface area contributed by atoms with Gasteiger partial charge in [-0.2, -0.15) is 0 Å². The van der Waals surface area contributed by atoms with Crippen molar-refractivity contribution in [3.63, 3.8) is 0 Å². The lowest BCUT2D eigenvalue weighted by Gasteiger charge is -2.13. The van der Waals surface area contributed by atoms with Crippen molar-refractivity contribution >= 4 is 33.0 Å². The minimum absolute atomic E-state index is 0.384. The van der Waals surface area contributed by atoms with Gasteiger partial charge in [-0.3, -0.25) is 4.72 Å². The van der Waals surface area contributed by atoms with Gasteiger partial charge in [-0.05, 0) is 24.1 Å². The van der Waals surface area contributed by atoms with Crippen LogP contribution in [0, 0.1) is 5.92 Å². The molecule has 0 amide bonds. The Hall–Kier alpha value is -0.940. The zero-order valence-corrected chi connectivity index (χ0v) is 12.4. The van der Waals surface area contributed by atoms with Gasteiger partial charge in [0, 0.05) is 12.2 Å². The van der Waals surface area contributed by atoms with Crippen LogP contribution < -0.4 is 10.0 Å². The van der Waals surface area contributed by atoms with Crippen LogP contribution >= 0.6 is 11.6 Å². The smallest absolute Gasteiger partial charge is 0.229 e. The molecule has 0 fully saturated rings. The highest BCUT2D eigenvalue weighted by molar-refractivity contribution is 7.92. The summed E-state index contributed by atoms with van der Waals surface area (Å²) in [4.78, 5) is 0. The van der Waals surface area contributed by atoms with Gasteiger partial charge < -0.3 is 5.32 Å². The van der Waals surface area contributed by atoms with Gasteiger partial charge in [0.25, 0.3) is 0 Å². The van der Waals surface area contributed by atoms with E-state index in [0.717, 1.165) is 24.9 Å². The molecule has 0 bridgehead atoms. The fourth-order valence-electron chi connectivity index (χ4n) is 1.34. The summed E-state index contributed by atoms with van der Waals surface area (Å²) in [5.74, 6) is 0.581. The molecule has 0 heterocycles. The summed E-state index contributed by atoms with van der Waals surface area (Å²) < 4.78 is 24.6. The van der Waals surface area contributed by atoms with E-state index < -0.39 is 10.0 Å². The van der Waals surface area contributed by atoms with Crippen LogP contribution in [0.4, 0.5) is 11.4 Å². The van der Waals surface area contributed by atoms with Crippen LogP contribution in [0.1, 0.15) is 20.3 Å². The first kappa shape index (κ1) is 15.1. The molecule has 1 rings (SSSR count). The fourth-order valence-corrected chi connectivity index (χ4v) is 2.21. The standard InChI is InChI=1S/C12H19ClN2O2S/c1-4-9(2)8-14-10-5-6-12(11(13)7-10)15-18(3,16)17/h5-7,9,14-15H,4,8H2,1-3H3. The third-order valence-electron chi connectivity index (χ3n) is 2.62. The number of rotatable bonds is 6. The van der Waals surface area contributed by atoms with E-state index in [1.54, 1.807) is 12.1 Å². The van der Waals surface area contributed by atoms with Gasteiger partial charge in [0.1, 0.15) is 0 Å². The Labute approximate surface area is 114 Å². The number of benzene rings is 1. The van der Waals surface area contributed by atoms with Crippen molar-refractivity contribution in [3.05, 3.63) is 23.2 Å². The van der Waals surface area contributed by atoms with Gasteiger partial charge in [-0.25, -0.2) is 8.42 Å². The molecule has 4 nitrogen and oxygen atoms in total. The Balaban J connectivity index is 2.73. The maximum absolute atomic E-state index is 11.1. The van der Waals surface area contributed by atoms with Crippen molar-refractivity contribution in [2.45, 2.75) is 20.3 Å². The molecule has 0 radical (unpaired) electrons. The van der Waals surface area contributed by atoms with Gasteiger partial charge in [0.05, 0.1) is 17.0 Å². The third kappa shape index (κ3) is 5.14. The number of nitrogens with one attached hydrogen (secondary N) is 2. The van der Waals surface area contributed by atoms with E-state index in [-0.39, 0.29) is 0 Å². The van der Waals surface area contributed by atoms with Crippen molar-refractivity contribution in [2.24, 2.45) is 5.92 Å². The lowest BCUT2D eigenvalue weighted by molar-refractivity contribution is 0.593. The average Bonchev–Trinajstić information content (AvgIpc) is 2.27. The molecule has 1 aromatic rings. The molecule has 18 heavy (non-hydrogen) atoms. The lowest BCUT2D eigenvalue weighted by Crippen LogP contribution is -2.11. The van der Waals surface area contributed by atoms with E-state index in [1.807, 2.05) is 6.07 Å². The van der Waals surface area contributed by atoms with E-state index in [9.17, 15) is 8.42 Å². The summed E-state index contributed by atoms with van der Waals surface area (Å²) in [5.41, 5.74) is 1.28. The normalized spacial score (nSPS) is 13.1. The van der Waals surface area contributed by atoms with Gasteiger partial charge in [0.15, 0.2) is 0 Å². The Morgan fingerprint density at radius 3 is 2.56 bits per heavy atom. The van der Waals surface area contributed by atoms with Gasteiger partial charge in [0.2, 0.25) is 10.0 Å². The number of hydrogen-bond donors (Lipinski definition) is 2. The van der Waals surface area contributed by atoms with Crippen LogP contribution in [0.3, 0.4) is 0 Å².